The van der Waals surface area contributed by atoms with Gasteiger partial charge in [-0.25, -0.2) is 0 Å². The maximum atomic E-state index is 15.1. The molecule has 3 amide bonds. The Bertz CT molecular complexity index is 1040. The van der Waals surface area contributed by atoms with Crippen LogP contribution in [0.15, 0.2) is 0 Å². The molecule has 0 radical (unpaired) electrons. The summed E-state index contributed by atoms with van der Waals surface area (Å²) in [5, 5.41) is 1.77. The van der Waals surface area contributed by atoms with Crippen LogP contribution in [0, 0.1) is 0 Å². The van der Waals surface area contributed by atoms with Gasteiger partial charge in [-0.15, -0.1) is 0 Å². The van der Waals surface area contributed by atoms with Crippen molar-refractivity contribution in [2.75, 3.05) is 33.7 Å². The molecule has 1 N–H and O–H groups in total. The zero-order valence-electron chi connectivity index (χ0n) is 46.7. The third-order valence-electron chi connectivity index (χ3n) is 14.8. The molecule has 398 valence electrons. The van der Waals surface area contributed by atoms with Crippen molar-refractivity contribution in [1.29, 1.82) is 0 Å². The quantitative estimate of drug-likeness (QED) is 0.0487. The molecule has 0 heterocycles. The summed E-state index contributed by atoms with van der Waals surface area (Å²) in [7, 11) is 4.21. The van der Waals surface area contributed by atoms with Gasteiger partial charge in [-0.3, -0.25) is 29.7 Å². The maximum absolute atomic E-state index is 15.1. The van der Waals surface area contributed by atoms with Crippen molar-refractivity contribution in [2.24, 2.45) is 0 Å². The predicted octanol–water partition coefficient (Wildman–Crippen LogP) is 18.0. The molecule has 0 aromatic rings. The number of likely N-dealkylation sites (N-methyl/N-ethyl adjacent to an activating group) is 1. The van der Waals surface area contributed by atoms with Gasteiger partial charge in [0, 0.05) is 32.5 Å². The molecule has 0 fully saturated rings. The molecule has 0 bridgehead atoms. The van der Waals surface area contributed by atoms with Crippen LogP contribution in [0.25, 0.3) is 0 Å². The first-order valence-corrected chi connectivity index (χ1v) is 30.3. The van der Waals surface area contributed by atoms with E-state index in [0.29, 0.717) is 25.3 Å². The molecule has 0 spiro atoms. The number of rotatable bonds is 52. The summed E-state index contributed by atoms with van der Waals surface area (Å²) < 4.78 is 0. The summed E-state index contributed by atoms with van der Waals surface area (Å²) >= 11 is 0. The fourth-order valence-corrected chi connectivity index (χ4v) is 10.1. The van der Waals surface area contributed by atoms with Crippen molar-refractivity contribution in [3.8, 4) is 0 Å². The van der Waals surface area contributed by atoms with E-state index in [9.17, 15) is 9.59 Å². The van der Waals surface area contributed by atoms with Crippen LogP contribution in [-0.2, 0) is 14.4 Å². The third kappa shape index (κ3) is 37.8. The average Bonchev–Trinajstić information content (AvgIpc) is 3.32. The number of amides is 3. The number of carbonyl (C=O) groups is 3. The minimum absolute atomic E-state index is 0.0151. The second kappa shape index (κ2) is 49.4. The first-order chi connectivity index (χ1) is 32.7. The highest BCUT2D eigenvalue weighted by atomic mass is 16.2. The second-order valence-corrected chi connectivity index (χ2v) is 21.4. The van der Waals surface area contributed by atoms with Crippen LogP contribution in [0.4, 0.5) is 0 Å². The van der Waals surface area contributed by atoms with Crippen molar-refractivity contribution in [3.05, 3.63) is 0 Å². The summed E-state index contributed by atoms with van der Waals surface area (Å²) in [5.74, 6) is 0.438. The van der Waals surface area contributed by atoms with Gasteiger partial charge in [0.2, 0.25) is 11.8 Å². The van der Waals surface area contributed by atoms with E-state index >= 15 is 4.79 Å². The summed E-state index contributed by atoms with van der Waals surface area (Å²) in [6, 6.07) is 0. The Labute approximate surface area is 420 Å². The van der Waals surface area contributed by atoms with E-state index in [-0.39, 0.29) is 11.8 Å². The standard InChI is InChI=1S/C60H120N4O3/c1-8-13-18-23-27-31-38-45-52-60(62(6)7,53-46-39-32-28-24-19-14-9-2)59(67)64(61-57(65)50-43-36-22-17-12-5)56-49-42-35-37-44-51-58(66)63(54-47-40-33-29-25-20-15-10-3)55-48-41-34-30-26-21-16-11-4/h8-56H2,1-7H3,(H,61,65). The summed E-state index contributed by atoms with van der Waals surface area (Å²) in [5.41, 5.74) is 2.58. The molecule has 0 atom stereocenters. The number of nitrogens with zero attached hydrogens (tertiary/aromatic N) is 3. The van der Waals surface area contributed by atoms with Crippen molar-refractivity contribution in [3.63, 3.8) is 0 Å². The van der Waals surface area contributed by atoms with E-state index in [1.807, 2.05) is 0 Å². The third-order valence-corrected chi connectivity index (χ3v) is 14.8. The van der Waals surface area contributed by atoms with Crippen LogP contribution in [0.5, 0.6) is 0 Å². The van der Waals surface area contributed by atoms with Gasteiger partial charge in [-0.2, -0.15) is 0 Å². The lowest BCUT2D eigenvalue weighted by Gasteiger charge is -2.42. The van der Waals surface area contributed by atoms with Crippen molar-refractivity contribution < 1.29 is 14.4 Å². The molecule has 0 unspecified atom stereocenters. The lowest BCUT2D eigenvalue weighted by Crippen LogP contribution is -2.61. The van der Waals surface area contributed by atoms with Gasteiger partial charge in [0.05, 0.1) is 0 Å². The van der Waals surface area contributed by atoms with E-state index in [1.54, 1.807) is 5.01 Å². The van der Waals surface area contributed by atoms with Crippen LogP contribution in [0.3, 0.4) is 0 Å². The van der Waals surface area contributed by atoms with E-state index in [0.717, 1.165) is 116 Å². The number of hydrogen-bond acceptors (Lipinski definition) is 4. The monoisotopic (exact) mass is 945 g/mol. The van der Waals surface area contributed by atoms with Gasteiger partial charge in [-0.1, -0.05) is 272 Å². The fraction of sp³-hybridized carbons (Fsp3) is 0.950. The molecule has 0 aromatic heterocycles. The Balaban J connectivity index is 5.61. The number of unbranched alkanes of at least 4 members (excludes halogenated alkanes) is 36. The van der Waals surface area contributed by atoms with E-state index in [2.05, 4.69) is 63.9 Å². The Kier molecular flexibility index (Phi) is 48.2. The van der Waals surface area contributed by atoms with Crippen molar-refractivity contribution >= 4 is 17.7 Å². The molecule has 0 aliphatic carbocycles. The minimum Gasteiger partial charge on any atom is -0.343 e. The minimum atomic E-state index is -0.617. The van der Waals surface area contributed by atoms with E-state index in [4.69, 9.17) is 0 Å². The highest BCUT2D eigenvalue weighted by Gasteiger charge is 2.42. The molecular formula is C60H120N4O3. The molecular weight excluding hydrogens is 825 g/mol. The van der Waals surface area contributed by atoms with E-state index in [1.165, 1.54) is 180 Å². The molecule has 0 aliphatic rings. The number of hydrogen-bond donors (Lipinski definition) is 1. The number of hydrazine groups is 1. The lowest BCUT2D eigenvalue weighted by atomic mass is 9.83. The summed E-state index contributed by atoms with van der Waals surface area (Å²) in [6.45, 7) is 13.7. The van der Waals surface area contributed by atoms with Gasteiger partial charge < -0.3 is 4.90 Å². The zero-order chi connectivity index (χ0) is 49.3. The zero-order valence-corrected chi connectivity index (χ0v) is 46.7. The normalized spacial score (nSPS) is 11.8. The van der Waals surface area contributed by atoms with Crippen LogP contribution >= 0.6 is 0 Å². The van der Waals surface area contributed by atoms with Crippen LogP contribution in [-0.4, -0.2) is 71.8 Å². The first-order valence-electron chi connectivity index (χ1n) is 30.3. The Hall–Kier alpha value is -1.63. The Morgan fingerprint density at radius 1 is 0.343 bits per heavy atom. The summed E-state index contributed by atoms with van der Waals surface area (Å²) in [4.78, 5) is 46.7. The lowest BCUT2D eigenvalue weighted by molar-refractivity contribution is -0.152. The molecule has 67 heavy (non-hydrogen) atoms. The second-order valence-electron chi connectivity index (χ2n) is 21.4. The SMILES string of the molecule is CCCCCCCCCCN(CCCCCCCCCC)C(=O)CCCCCCCN(NC(=O)CCCCCCC)C(=O)C(CCCCCCCCCC)(CCCCCCCCCC)N(C)C. The average molecular weight is 946 g/mol. The molecule has 0 saturated heterocycles. The Morgan fingerprint density at radius 3 is 0.970 bits per heavy atom. The van der Waals surface area contributed by atoms with Crippen molar-refractivity contribution in [2.45, 2.75) is 336 Å². The largest absolute Gasteiger partial charge is 0.343 e. The van der Waals surface area contributed by atoms with E-state index < -0.39 is 5.54 Å². The van der Waals surface area contributed by atoms with Crippen molar-refractivity contribution in [1.82, 2.24) is 20.2 Å². The molecule has 0 aromatic carbocycles. The molecule has 7 heteroatoms. The molecule has 0 aliphatic heterocycles. The molecule has 0 saturated carbocycles. The predicted molar refractivity (Wildman–Crippen MR) is 294 cm³/mol. The van der Waals surface area contributed by atoms with Gasteiger partial charge in [0.15, 0.2) is 0 Å². The maximum Gasteiger partial charge on any atom is 0.261 e. The molecule has 0 rings (SSSR count). The fourth-order valence-electron chi connectivity index (χ4n) is 10.1. The first kappa shape index (κ1) is 65.4. The van der Waals surface area contributed by atoms with Gasteiger partial charge in [0.25, 0.3) is 5.91 Å². The van der Waals surface area contributed by atoms with Gasteiger partial charge >= 0.3 is 0 Å². The smallest absolute Gasteiger partial charge is 0.261 e. The summed E-state index contributed by atoms with van der Waals surface area (Å²) in [6.07, 6.45) is 53.9. The Morgan fingerprint density at radius 2 is 0.627 bits per heavy atom. The van der Waals surface area contributed by atoms with Crippen LogP contribution in [0.2, 0.25) is 0 Å². The highest BCUT2D eigenvalue weighted by Crippen LogP contribution is 2.31. The van der Waals surface area contributed by atoms with Gasteiger partial charge in [0.1, 0.15) is 5.54 Å². The molecule has 7 nitrogen and oxygen atoms in total. The highest BCUT2D eigenvalue weighted by molar-refractivity contribution is 5.88. The number of nitrogens with one attached hydrogen (secondary N) is 1. The topological polar surface area (TPSA) is 73.0 Å². The van der Waals surface area contributed by atoms with Crippen LogP contribution in [0.1, 0.15) is 330 Å². The van der Waals surface area contributed by atoms with Crippen LogP contribution < -0.4 is 5.43 Å². The number of carbonyl (C=O) groups excluding carboxylic acids is 3. The van der Waals surface area contributed by atoms with Gasteiger partial charge in [-0.05, 0) is 59.0 Å².